The highest BCUT2D eigenvalue weighted by molar-refractivity contribution is 7.90. The number of H-pyrrole nitrogens is 1. The van der Waals surface area contributed by atoms with Crippen LogP contribution >= 0.6 is 11.6 Å². The van der Waals surface area contributed by atoms with E-state index in [2.05, 4.69) is 4.98 Å². The molecule has 10 heteroatoms. The van der Waals surface area contributed by atoms with Crippen molar-refractivity contribution in [1.82, 2.24) is 14.7 Å². The normalized spacial score (nSPS) is 18.3. The van der Waals surface area contributed by atoms with Gasteiger partial charge in [-0.1, -0.05) is 23.7 Å². The number of carbonyl (C=O) groups excluding carboxylic acids is 1. The number of nitrogens with zero attached hydrogens (tertiary/aromatic N) is 2. The van der Waals surface area contributed by atoms with E-state index in [9.17, 15) is 18.0 Å². The first-order valence-corrected chi connectivity index (χ1v) is 12.3. The van der Waals surface area contributed by atoms with Gasteiger partial charge >= 0.3 is 0 Å². The van der Waals surface area contributed by atoms with Crippen molar-refractivity contribution in [1.29, 1.82) is 0 Å². The number of rotatable bonds is 5. The van der Waals surface area contributed by atoms with Gasteiger partial charge in [-0.05, 0) is 63.1 Å². The molecule has 2 aromatic heterocycles. The molecule has 8 nitrogen and oxygen atoms in total. The molecule has 1 aromatic carbocycles. The van der Waals surface area contributed by atoms with E-state index in [-0.39, 0.29) is 17.6 Å². The first-order valence-electron chi connectivity index (χ1n) is 10.5. The van der Waals surface area contributed by atoms with Crippen molar-refractivity contribution in [3.63, 3.8) is 0 Å². The maximum absolute atomic E-state index is 13.1. The Morgan fingerprint density at radius 2 is 1.76 bits per heavy atom. The number of anilines is 1. The summed E-state index contributed by atoms with van der Waals surface area (Å²) in [5.41, 5.74) is 0.753. The van der Waals surface area contributed by atoms with E-state index in [1.807, 2.05) is 35.6 Å². The first-order chi connectivity index (χ1) is 15.7. The number of hydrogen-bond acceptors (Lipinski definition) is 6. The first kappa shape index (κ1) is 23.0. The molecule has 33 heavy (non-hydrogen) atoms. The average Bonchev–Trinajstić information content (AvgIpc) is 3.11. The van der Waals surface area contributed by atoms with Crippen LogP contribution in [-0.2, 0) is 10.0 Å². The number of nitrogens with one attached hydrogen (secondary N) is 2. The number of pyridine rings is 2. The highest BCUT2D eigenvalue weighted by Crippen LogP contribution is 2.33. The fourth-order valence-electron chi connectivity index (χ4n) is 4.07. The molecule has 0 aliphatic carbocycles. The summed E-state index contributed by atoms with van der Waals surface area (Å²) < 4.78 is 27.5. The SMILES string of the molecule is C[C@@H]1CC[C@H](C)N1c1nc(-c2ccc(Cl)cc2)ccc1C(=O)NS(=O)(=O)c1ccc[nH]c1=O. The van der Waals surface area contributed by atoms with Crippen molar-refractivity contribution in [2.75, 3.05) is 4.90 Å². The third kappa shape index (κ3) is 4.65. The minimum atomic E-state index is -4.38. The van der Waals surface area contributed by atoms with Crippen LogP contribution in [0.1, 0.15) is 37.0 Å². The summed E-state index contributed by atoms with van der Waals surface area (Å²) in [6, 6.07) is 13.1. The van der Waals surface area contributed by atoms with Gasteiger partial charge in [0.15, 0.2) is 4.90 Å². The van der Waals surface area contributed by atoms with Crippen molar-refractivity contribution in [2.45, 2.75) is 43.7 Å². The number of benzene rings is 1. The van der Waals surface area contributed by atoms with Gasteiger partial charge in [0.2, 0.25) is 0 Å². The number of aromatic nitrogens is 2. The lowest BCUT2D eigenvalue weighted by atomic mass is 10.1. The van der Waals surface area contributed by atoms with Gasteiger partial charge in [-0.15, -0.1) is 0 Å². The molecule has 2 N–H and O–H groups in total. The van der Waals surface area contributed by atoms with E-state index in [4.69, 9.17) is 16.6 Å². The molecule has 1 aliphatic heterocycles. The lowest BCUT2D eigenvalue weighted by Crippen LogP contribution is -2.38. The van der Waals surface area contributed by atoms with Crippen LogP contribution in [0.25, 0.3) is 11.3 Å². The minimum absolute atomic E-state index is 0.115. The quantitative estimate of drug-likeness (QED) is 0.570. The molecule has 0 spiro atoms. The number of amides is 1. The summed E-state index contributed by atoms with van der Waals surface area (Å²) in [6.07, 6.45) is 3.16. The second-order valence-corrected chi connectivity index (χ2v) is 10.1. The molecular formula is C23H23ClN4O4S. The second-order valence-electron chi connectivity index (χ2n) is 8.06. The van der Waals surface area contributed by atoms with Gasteiger partial charge in [-0.3, -0.25) is 9.59 Å². The number of halogens is 1. The number of sulfonamides is 1. The maximum atomic E-state index is 13.1. The molecule has 1 saturated heterocycles. The molecule has 1 aliphatic rings. The molecule has 0 unspecified atom stereocenters. The number of hydrogen-bond donors (Lipinski definition) is 2. The van der Waals surface area contributed by atoms with Crippen molar-refractivity contribution in [3.8, 4) is 11.3 Å². The fourth-order valence-corrected chi connectivity index (χ4v) is 5.22. The third-order valence-electron chi connectivity index (χ3n) is 5.75. The van der Waals surface area contributed by atoms with Crippen LogP contribution < -0.4 is 15.2 Å². The van der Waals surface area contributed by atoms with E-state index in [1.165, 1.54) is 12.3 Å². The van der Waals surface area contributed by atoms with Crippen LogP contribution in [0.15, 0.2) is 64.4 Å². The second kappa shape index (κ2) is 8.99. The molecular weight excluding hydrogens is 464 g/mol. The average molecular weight is 487 g/mol. The summed E-state index contributed by atoms with van der Waals surface area (Å²) in [6.45, 7) is 4.09. The third-order valence-corrected chi connectivity index (χ3v) is 7.36. The summed E-state index contributed by atoms with van der Waals surface area (Å²) in [7, 11) is -4.38. The largest absolute Gasteiger partial charge is 0.351 e. The highest BCUT2D eigenvalue weighted by atomic mass is 35.5. The molecule has 3 aromatic rings. The van der Waals surface area contributed by atoms with E-state index in [0.29, 0.717) is 16.5 Å². The van der Waals surface area contributed by atoms with E-state index in [1.54, 1.807) is 24.3 Å². The molecule has 1 amide bonds. The number of carbonyl (C=O) groups is 1. The van der Waals surface area contributed by atoms with Crippen molar-refractivity contribution in [3.05, 3.63) is 75.7 Å². The number of aromatic amines is 1. The predicted octanol–water partition coefficient (Wildman–Crippen LogP) is 3.59. The Morgan fingerprint density at radius 1 is 1.09 bits per heavy atom. The van der Waals surface area contributed by atoms with Crippen LogP contribution in [0.3, 0.4) is 0 Å². The minimum Gasteiger partial charge on any atom is -0.351 e. The van der Waals surface area contributed by atoms with Gasteiger partial charge in [-0.25, -0.2) is 18.1 Å². The van der Waals surface area contributed by atoms with Crippen LogP contribution in [0.5, 0.6) is 0 Å². The van der Waals surface area contributed by atoms with Crippen LogP contribution in [0.2, 0.25) is 5.02 Å². The Morgan fingerprint density at radius 3 is 2.39 bits per heavy atom. The zero-order valence-electron chi connectivity index (χ0n) is 18.1. The smallest absolute Gasteiger partial charge is 0.269 e. The Kier molecular flexibility index (Phi) is 6.27. The lowest BCUT2D eigenvalue weighted by Gasteiger charge is -2.29. The van der Waals surface area contributed by atoms with E-state index in [0.717, 1.165) is 24.5 Å². The monoisotopic (exact) mass is 486 g/mol. The van der Waals surface area contributed by atoms with Crippen LogP contribution in [-0.4, -0.2) is 36.4 Å². The van der Waals surface area contributed by atoms with E-state index < -0.39 is 26.4 Å². The highest BCUT2D eigenvalue weighted by Gasteiger charge is 2.33. The molecule has 4 rings (SSSR count). The Bertz CT molecular complexity index is 1350. The van der Waals surface area contributed by atoms with Gasteiger partial charge in [0.1, 0.15) is 5.82 Å². The van der Waals surface area contributed by atoms with Gasteiger partial charge in [0, 0.05) is 28.9 Å². The standard InChI is InChI=1S/C23H23ClN4O4S/c1-14-5-6-15(2)28(14)21-18(11-12-19(26-21)16-7-9-17(24)10-8-16)22(29)27-33(31,32)20-4-3-13-25-23(20)30/h3-4,7-15H,5-6H2,1-2H3,(H,25,30)(H,27,29)/t14-,15+. The van der Waals surface area contributed by atoms with Gasteiger partial charge < -0.3 is 9.88 Å². The van der Waals surface area contributed by atoms with Gasteiger partial charge in [-0.2, -0.15) is 0 Å². The van der Waals surface area contributed by atoms with Gasteiger partial charge in [0.05, 0.1) is 11.3 Å². The Hall–Kier alpha value is -3.17. The molecule has 0 radical (unpaired) electrons. The van der Waals surface area contributed by atoms with Gasteiger partial charge in [0.25, 0.3) is 21.5 Å². The van der Waals surface area contributed by atoms with Crippen LogP contribution in [0, 0.1) is 0 Å². The van der Waals surface area contributed by atoms with Crippen molar-refractivity contribution < 1.29 is 13.2 Å². The molecule has 172 valence electrons. The van der Waals surface area contributed by atoms with Crippen molar-refractivity contribution >= 4 is 33.3 Å². The summed E-state index contributed by atoms with van der Waals surface area (Å²) >= 11 is 6.00. The Labute approximate surface area is 196 Å². The molecule has 1 fully saturated rings. The lowest BCUT2D eigenvalue weighted by molar-refractivity contribution is 0.0981. The molecule has 3 heterocycles. The molecule has 2 atom stereocenters. The molecule has 0 bridgehead atoms. The fraction of sp³-hybridized carbons (Fsp3) is 0.261. The van der Waals surface area contributed by atoms with E-state index >= 15 is 0 Å². The van der Waals surface area contributed by atoms with Crippen LogP contribution in [0.4, 0.5) is 5.82 Å². The predicted molar refractivity (Wildman–Crippen MR) is 127 cm³/mol. The summed E-state index contributed by atoms with van der Waals surface area (Å²) in [5, 5.41) is 0.595. The summed E-state index contributed by atoms with van der Waals surface area (Å²) in [4.78, 5) is 33.7. The topological polar surface area (TPSA) is 112 Å². The molecule has 0 saturated carbocycles. The zero-order valence-corrected chi connectivity index (χ0v) is 19.7. The van der Waals surface area contributed by atoms with Crippen molar-refractivity contribution in [2.24, 2.45) is 0 Å². The zero-order chi connectivity index (χ0) is 23.8. The Balaban J connectivity index is 1.77. The summed E-state index contributed by atoms with van der Waals surface area (Å²) in [5.74, 6) is -0.454. The maximum Gasteiger partial charge on any atom is 0.269 e.